The fourth-order valence-electron chi connectivity index (χ4n) is 3.67. The summed E-state index contributed by atoms with van der Waals surface area (Å²) >= 11 is 0. The highest BCUT2D eigenvalue weighted by Crippen LogP contribution is 2.38. The predicted molar refractivity (Wildman–Crippen MR) is 95.6 cm³/mol. The fourth-order valence-corrected chi connectivity index (χ4v) is 3.67. The van der Waals surface area contributed by atoms with Crippen molar-refractivity contribution in [2.24, 2.45) is 0 Å². The van der Waals surface area contributed by atoms with Gasteiger partial charge in [-0.25, -0.2) is 0 Å². The van der Waals surface area contributed by atoms with Gasteiger partial charge in [0.1, 0.15) is 6.04 Å². The number of alkyl halides is 3. The van der Waals surface area contributed by atoms with Crippen LogP contribution < -0.4 is 10.2 Å². The summed E-state index contributed by atoms with van der Waals surface area (Å²) in [7, 11) is 0. The molecule has 1 aromatic carbocycles. The number of carbonyl (C=O) groups is 1. The van der Waals surface area contributed by atoms with Gasteiger partial charge in [-0.15, -0.1) is 0 Å². The number of aromatic nitrogens is 1. The molecule has 4 rings (SSSR count). The van der Waals surface area contributed by atoms with Crippen LogP contribution in [0, 0.1) is 0 Å². The molecule has 5 nitrogen and oxygen atoms in total. The lowest BCUT2D eigenvalue weighted by Gasteiger charge is -2.45. The number of fused-ring (bicyclic) bond motifs is 3. The number of carbonyl (C=O) groups excluding carboxylic acids is 1. The predicted octanol–water partition coefficient (Wildman–Crippen LogP) is 2.79. The van der Waals surface area contributed by atoms with Crippen LogP contribution in [0.15, 0.2) is 42.7 Å². The normalized spacial score (nSPS) is 20.0. The molecular weight excluding hydrogens is 357 g/mol. The first-order chi connectivity index (χ1) is 12.9. The highest BCUT2D eigenvalue weighted by Gasteiger charge is 2.39. The largest absolute Gasteiger partial charge is 0.416 e. The highest BCUT2D eigenvalue weighted by atomic mass is 19.4. The van der Waals surface area contributed by atoms with Gasteiger partial charge in [0, 0.05) is 38.6 Å². The molecule has 2 aliphatic rings. The van der Waals surface area contributed by atoms with E-state index in [1.54, 1.807) is 12.4 Å². The van der Waals surface area contributed by atoms with E-state index in [0.29, 0.717) is 18.8 Å². The van der Waals surface area contributed by atoms with Crippen LogP contribution >= 0.6 is 0 Å². The summed E-state index contributed by atoms with van der Waals surface area (Å²) in [6, 6.07) is 7.09. The number of amides is 1. The van der Waals surface area contributed by atoms with E-state index in [2.05, 4.69) is 15.2 Å². The van der Waals surface area contributed by atoms with Crippen molar-refractivity contribution >= 4 is 17.3 Å². The molecule has 0 bridgehead atoms. The van der Waals surface area contributed by atoms with E-state index in [1.165, 1.54) is 11.6 Å². The molecular formula is C19H19F3N4O. The molecule has 0 saturated carbocycles. The van der Waals surface area contributed by atoms with Gasteiger partial charge in [-0.3, -0.25) is 14.7 Å². The zero-order valence-corrected chi connectivity index (χ0v) is 14.5. The van der Waals surface area contributed by atoms with E-state index in [4.69, 9.17) is 0 Å². The maximum absolute atomic E-state index is 12.9. The van der Waals surface area contributed by atoms with Gasteiger partial charge in [-0.2, -0.15) is 13.2 Å². The number of pyridine rings is 1. The van der Waals surface area contributed by atoms with Crippen molar-refractivity contribution in [1.82, 2.24) is 9.88 Å². The Morgan fingerprint density at radius 3 is 2.67 bits per heavy atom. The number of nitrogens with one attached hydrogen (secondary N) is 1. The zero-order valence-electron chi connectivity index (χ0n) is 14.5. The molecule has 1 unspecified atom stereocenters. The number of piperazine rings is 1. The van der Waals surface area contributed by atoms with Crippen LogP contribution in [-0.4, -0.2) is 48.0 Å². The van der Waals surface area contributed by atoms with Crippen molar-refractivity contribution in [2.75, 3.05) is 36.4 Å². The lowest BCUT2D eigenvalue weighted by atomic mass is 10.0. The first kappa shape index (κ1) is 17.8. The number of benzene rings is 1. The number of rotatable bonds is 3. The smallest absolute Gasteiger partial charge is 0.355 e. The second kappa shape index (κ2) is 6.84. The van der Waals surface area contributed by atoms with Crippen LogP contribution in [0.2, 0.25) is 0 Å². The molecule has 1 saturated heterocycles. The Bertz CT molecular complexity index is 841. The Hall–Kier alpha value is -2.61. The maximum atomic E-state index is 12.9. The summed E-state index contributed by atoms with van der Waals surface area (Å²) in [5, 5.41) is 2.65. The lowest BCUT2D eigenvalue weighted by molar-refractivity contribution is -0.137. The summed E-state index contributed by atoms with van der Waals surface area (Å²) in [5.74, 6) is -0.254. The van der Waals surface area contributed by atoms with Gasteiger partial charge in [0.15, 0.2) is 0 Å². The maximum Gasteiger partial charge on any atom is 0.416 e. The number of halogens is 3. The third-order valence-corrected chi connectivity index (χ3v) is 5.12. The Balaban J connectivity index is 1.47. The Morgan fingerprint density at radius 2 is 1.93 bits per heavy atom. The Labute approximate surface area is 154 Å². The topological polar surface area (TPSA) is 48.5 Å². The number of hydrogen-bond donors (Lipinski definition) is 1. The van der Waals surface area contributed by atoms with Crippen LogP contribution in [0.1, 0.15) is 11.1 Å². The third-order valence-electron chi connectivity index (χ3n) is 5.12. The van der Waals surface area contributed by atoms with E-state index >= 15 is 0 Å². The highest BCUT2D eigenvalue weighted by molar-refractivity contribution is 6.04. The van der Waals surface area contributed by atoms with E-state index in [9.17, 15) is 18.0 Å². The summed E-state index contributed by atoms with van der Waals surface area (Å²) < 4.78 is 38.8. The van der Waals surface area contributed by atoms with Gasteiger partial charge in [0.2, 0.25) is 5.91 Å². The van der Waals surface area contributed by atoms with E-state index in [1.807, 2.05) is 17.0 Å². The standard InChI is InChI=1S/C19H19F3N4O/c20-19(21,22)14-1-2-16-15(11-14)24-18(27)17-12-25(9-10-26(16)17)8-5-13-3-6-23-7-4-13/h1-4,6-7,11,17H,5,8-10,12H2,(H,24,27). The van der Waals surface area contributed by atoms with Gasteiger partial charge < -0.3 is 10.2 Å². The molecule has 0 radical (unpaired) electrons. The fraction of sp³-hybridized carbons (Fsp3) is 0.368. The SMILES string of the molecule is O=C1Nc2cc(C(F)(F)F)ccc2N2CCN(CCc3ccncc3)CC12. The van der Waals surface area contributed by atoms with Crippen molar-refractivity contribution < 1.29 is 18.0 Å². The van der Waals surface area contributed by atoms with E-state index < -0.39 is 11.7 Å². The minimum Gasteiger partial charge on any atom is -0.355 e. The van der Waals surface area contributed by atoms with Crippen LogP contribution in [0.4, 0.5) is 24.5 Å². The summed E-state index contributed by atoms with van der Waals surface area (Å²) in [4.78, 5) is 20.6. The molecule has 0 aliphatic carbocycles. The minimum atomic E-state index is -4.43. The Kier molecular flexibility index (Phi) is 4.51. The molecule has 27 heavy (non-hydrogen) atoms. The molecule has 2 aliphatic heterocycles. The van der Waals surface area contributed by atoms with Gasteiger partial charge >= 0.3 is 6.18 Å². The molecule has 3 heterocycles. The van der Waals surface area contributed by atoms with Crippen molar-refractivity contribution in [2.45, 2.75) is 18.6 Å². The third kappa shape index (κ3) is 3.62. The first-order valence-corrected chi connectivity index (χ1v) is 8.82. The average Bonchev–Trinajstić information content (AvgIpc) is 2.66. The summed E-state index contributed by atoms with van der Waals surface area (Å²) in [5.41, 5.74) is 1.32. The van der Waals surface area contributed by atoms with Gasteiger partial charge in [-0.05, 0) is 42.3 Å². The molecule has 1 N–H and O–H groups in total. The quantitative estimate of drug-likeness (QED) is 0.895. The van der Waals surface area contributed by atoms with Crippen molar-refractivity contribution in [3.05, 3.63) is 53.9 Å². The average molecular weight is 376 g/mol. The molecule has 8 heteroatoms. The molecule has 142 valence electrons. The zero-order chi connectivity index (χ0) is 19.0. The lowest BCUT2D eigenvalue weighted by Crippen LogP contribution is -2.60. The second-order valence-corrected chi connectivity index (χ2v) is 6.83. The van der Waals surface area contributed by atoms with Crippen LogP contribution in [-0.2, 0) is 17.4 Å². The Morgan fingerprint density at radius 1 is 1.15 bits per heavy atom. The number of anilines is 2. The van der Waals surface area contributed by atoms with E-state index in [0.717, 1.165) is 31.6 Å². The molecule has 1 aromatic heterocycles. The molecule has 0 spiro atoms. The molecule has 1 fully saturated rings. The molecule has 2 aromatic rings. The van der Waals surface area contributed by atoms with Gasteiger partial charge in [-0.1, -0.05) is 0 Å². The van der Waals surface area contributed by atoms with E-state index in [-0.39, 0.29) is 17.6 Å². The monoisotopic (exact) mass is 376 g/mol. The summed E-state index contributed by atoms with van der Waals surface area (Å²) in [6.07, 6.45) is -0.0490. The minimum absolute atomic E-state index is 0.233. The van der Waals surface area contributed by atoms with Crippen molar-refractivity contribution in [3.8, 4) is 0 Å². The van der Waals surface area contributed by atoms with Gasteiger partial charge in [0.25, 0.3) is 0 Å². The first-order valence-electron chi connectivity index (χ1n) is 8.82. The second-order valence-electron chi connectivity index (χ2n) is 6.83. The molecule has 1 amide bonds. The van der Waals surface area contributed by atoms with Crippen LogP contribution in [0.3, 0.4) is 0 Å². The van der Waals surface area contributed by atoms with Crippen molar-refractivity contribution in [1.29, 1.82) is 0 Å². The molecule has 1 atom stereocenters. The van der Waals surface area contributed by atoms with Gasteiger partial charge in [0.05, 0.1) is 16.9 Å². The van der Waals surface area contributed by atoms with Crippen LogP contribution in [0.5, 0.6) is 0 Å². The summed E-state index contributed by atoms with van der Waals surface area (Å²) in [6.45, 7) is 2.74. The number of hydrogen-bond acceptors (Lipinski definition) is 4. The van der Waals surface area contributed by atoms with Crippen molar-refractivity contribution in [3.63, 3.8) is 0 Å². The van der Waals surface area contributed by atoms with Crippen LogP contribution in [0.25, 0.3) is 0 Å². The number of nitrogens with zero attached hydrogens (tertiary/aromatic N) is 3.